The maximum Gasteiger partial charge on any atom is 0.470 e. The van der Waals surface area contributed by atoms with Crippen molar-refractivity contribution in [2.75, 3.05) is 11.9 Å². The van der Waals surface area contributed by atoms with E-state index in [-0.39, 0.29) is 17.5 Å². The van der Waals surface area contributed by atoms with E-state index in [2.05, 4.69) is 25.0 Å². The van der Waals surface area contributed by atoms with E-state index >= 15 is 0 Å². The number of nitrogens with zero attached hydrogens (tertiary/aromatic N) is 5. The van der Waals surface area contributed by atoms with Gasteiger partial charge in [-0.15, -0.1) is 5.10 Å². The first-order valence-electron chi connectivity index (χ1n) is 10.1. The number of amides is 2. The lowest BCUT2D eigenvalue weighted by molar-refractivity contribution is -0.156. The van der Waals surface area contributed by atoms with Crippen LogP contribution < -0.4 is 5.32 Å². The van der Waals surface area contributed by atoms with Crippen LogP contribution in [0.3, 0.4) is 0 Å². The molecule has 1 fully saturated rings. The Bertz CT molecular complexity index is 1250. The normalized spacial score (nSPS) is 16.1. The highest BCUT2D eigenvalue weighted by Gasteiger charge is 2.41. The highest BCUT2D eigenvalue weighted by atomic mass is 35.5. The molecule has 2 aromatic heterocycles. The Morgan fingerprint density at radius 2 is 1.97 bits per heavy atom. The first kappa shape index (κ1) is 21.4. The minimum absolute atomic E-state index is 0.0350. The molecule has 5 rings (SSSR count). The average molecular weight is 481 g/mol. The number of carbonyl (C=O) groups excluding carboxylic acids is 2. The minimum Gasteiger partial charge on any atom is -0.399 e. The van der Waals surface area contributed by atoms with Crippen LogP contribution in [-0.4, -0.2) is 43.2 Å². The number of alkyl halides is 3. The molecule has 0 unspecified atom stereocenters. The van der Waals surface area contributed by atoms with Gasteiger partial charge >= 0.3 is 18.1 Å². The zero-order valence-corrected chi connectivity index (χ0v) is 17.7. The Balaban J connectivity index is 1.42. The first-order valence-corrected chi connectivity index (χ1v) is 10.5. The standard InChI is InChI=1S/C20H16ClF3N6O3/c21-12-4-2-1-3-11(12)9-29-7-8-30-15(17(29)32)13(10-5-6-10)14(28-30)16(31)25-19-27-26-18(33-19)20(22,23)24/h1-4,10H,5-9H2,(H,25,27,31). The van der Waals surface area contributed by atoms with Gasteiger partial charge in [-0.1, -0.05) is 34.9 Å². The summed E-state index contributed by atoms with van der Waals surface area (Å²) < 4.78 is 44.0. The van der Waals surface area contributed by atoms with Crippen LogP contribution in [0.1, 0.15) is 56.8 Å². The second-order valence-electron chi connectivity index (χ2n) is 7.79. The van der Waals surface area contributed by atoms with E-state index in [9.17, 15) is 22.8 Å². The van der Waals surface area contributed by atoms with Crippen molar-refractivity contribution in [3.05, 3.63) is 57.7 Å². The molecule has 1 N–H and O–H groups in total. The van der Waals surface area contributed by atoms with Crippen LogP contribution in [0.15, 0.2) is 28.7 Å². The smallest absolute Gasteiger partial charge is 0.399 e. The number of hydrogen-bond acceptors (Lipinski definition) is 6. The number of fused-ring (bicyclic) bond motifs is 1. The van der Waals surface area contributed by atoms with Gasteiger partial charge in [0.1, 0.15) is 5.69 Å². The average Bonchev–Trinajstić information content (AvgIpc) is 3.34. The fraction of sp³-hybridized carbons (Fsp3) is 0.350. The molecule has 2 aliphatic rings. The summed E-state index contributed by atoms with van der Waals surface area (Å²) in [5, 5.41) is 13.1. The maximum atomic E-state index is 13.3. The summed E-state index contributed by atoms with van der Waals surface area (Å²) in [7, 11) is 0. The molecule has 1 saturated carbocycles. The lowest BCUT2D eigenvalue weighted by atomic mass is 10.0. The maximum absolute atomic E-state index is 13.3. The number of benzene rings is 1. The highest BCUT2D eigenvalue weighted by molar-refractivity contribution is 6.31. The molecule has 0 bridgehead atoms. The van der Waals surface area contributed by atoms with Gasteiger partial charge in [0.05, 0.1) is 6.54 Å². The van der Waals surface area contributed by atoms with Crippen LogP contribution >= 0.6 is 11.6 Å². The third-order valence-corrected chi connectivity index (χ3v) is 5.84. The molecule has 0 saturated heterocycles. The summed E-state index contributed by atoms with van der Waals surface area (Å²) in [6.45, 7) is 1.03. The van der Waals surface area contributed by atoms with Gasteiger partial charge in [-0.3, -0.25) is 19.6 Å². The van der Waals surface area contributed by atoms with Crippen LogP contribution in [0.2, 0.25) is 5.02 Å². The van der Waals surface area contributed by atoms with E-state index in [0.29, 0.717) is 35.9 Å². The third-order valence-electron chi connectivity index (χ3n) is 5.47. The van der Waals surface area contributed by atoms with E-state index in [1.807, 2.05) is 12.1 Å². The number of halogens is 4. The molecule has 0 radical (unpaired) electrons. The number of carbonyl (C=O) groups is 2. The molecule has 1 aliphatic heterocycles. The second-order valence-corrected chi connectivity index (χ2v) is 8.20. The van der Waals surface area contributed by atoms with Gasteiger partial charge in [0.15, 0.2) is 5.69 Å². The molecule has 2 amide bonds. The van der Waals surface area contributed by atoms with Crippen molar-refractivity contribution < 1.29 is 27.2 Å². The predicted molar refractivity (Wildman–Crippen MR) is 108 cm³/mol. The Morgan fingerprint density at radius 3 is 2.64 bits per heavy atom. The van der Waals surface area contributed by atoms with Gasteiger partial charge in [0.25, 0.3) is 11.8 Å². The minimum atomic E-state index is -4.83. The molecule has 3 heterocycles. The van der Waals surface area contributed by atoms with Gasteiger partial charge in [0, 0.05) is 23.7 Å². The van der Waals surface area contributed by atoms with Crippen LogP contribution in [0, 0.1) is 0 Å². The zero-order valence-electron chi connectivity index (χ0n) is 16.9. The first-order chi connectivity index (χ1) is 15.7. The Morgan fingerprint density at radius 1 is 1.21 bits per heavy atom. The monoisotopic (exact) mass is 480 g/mol. The van der Waals surface area contributed by atoms with Crippen molar-refractivity contribution in [1.82, 2.24) is 24.9 Å². The Kier molecular flexibility index (Phi) is 5.11. The lowest BCUT2D eigenvalue weighted by Crippen LogP contribution is -2.40. The van der Waals surface area contributed by atoms with Crippen molar-refractivity contribution in [2.24, 2.45) is 0 Å². The van der Waals surface area contributed by atoms with Crippen LogP contribution in [0.4, 0.5) is 19.2 Å². The van der Waals surface area contributed by atoms with Gasteiger partial charge in [0.2, 0.25) is 0 Å². The van der Waals surface area contributed by atoms with Crippen molar-refractivity contribution in [3.8, 4) is 0 Å². The largest absolute Gasteiger partial charge is 0.470 e. The summed E-state index contributed by atoms with van der Waals surface area (Å²) >= 11 is 6.24. The molecule has 33 heavy (non-hydrogen) atoms. The van der Waals surface area contributed by atoms with Gasteiger partial charge in [-0.25, -0.2) is 0 Å². The fourth-order valence-corrected chi connectivity index (χ4v) is 3.98. The number of nitrogens with one attached hydrogen (secondary N) is 1. The Hall–Kier alpha value is -3.41. The Labute approximate surface area is 189 Å². The molecular weight excluding hydrogens is 465 g/mol. The molecule has 172 valence electrons. The molecular formula is C20H16ClF3N6O3. The topological polar surface area (TPSA) is 106 Å². The predicted octanol–water partition coefficient (Wildman–Crippen LogP) is 3.72. The van der Waals surface area contributed by atoms with E-state index in [1.54, 1.807) is 17.0 Å². The van der Waals surface area contributed by atoms with Crippen LogP contribution in [0.25, 0.3) is 0 Å². The molecule has 1 aromatic carbocycles. The summed E-state index contributed by atoms with van der Waals surface area (Å²) in [4.78, 5) is 27.8. The van der Waals surface area contributed by atoms with Crippen molar-refractivity contribution in [2.45, 2.75) is 38.0 Å². The van der Waals surface area contributed by atoms with Gasteiger partial charge < -0.3 is 9.32 Å². The number of hydrogen-bond donors (Lipinski definition) is 1. The second kappa shape index (κ2) is 7.87. The van der Waals surface area contributed by atoms with E-state index in [4.69, 9.17) is 11.6 Å². The molecule has 0 atom stereocenters. The van der Waals surface area contributed by atoms with E-state index in [1.165, 1.54) is 4.68 Å². The van der Waals surface area contributed by atoms with Gasteiger partial charge in [-0.2, -0.15) is 18.3 Å². The molecule has 9 nitrogen and oxygen atoms in total. The van der Waals surface area contributed by atoms with Crippen molar-refractivity contribution in [1.29, 1.82) is 0 Å². The SMILES string of the molecule is O=C(Nc1nnc(C(F)(F)F)o1)c1nn2c(c1C1CC1)C(=O)N(Cc1ccccc1Cl)CC2. The summed E-state index contributed by atoms with van der Waals surface area (Å²) in [5.41, 5.74) is 1.55. The zero-order chi connectivity index (χ0) is 23.3. The molecule has 0 spiro atoms. The van der Waals surface area contributed by atoms with Crippen LogP contribution in [0.5, 0.6) is 0 Å². The number of anilines is 1. The van der Waals surface area contributed by atoms with Crippen molar-refractivity contribution in [3.63, 3.8) is 0 Å². The van der Waals surface area contributed by atoms with Crippen molar-refractivity contribution >= 4 is 29.4 Å². The summed E-state index contributed by atoms with van der Waals surface area (Å²) in [6.07, 6.45) is -3.29. The summed E-state index contributed by atoms with van der Waals surface area (Å²) in [5.74, 6) is -2.71. The number of aromatic nitrogens is 4. The van der Waals surface area contributed by atoms with E-state index < -0.39 is 24.0 Å². The molecule has 13 heteroatoms. The fourth-order valence-electron chi connectivity index (χ4n) is 3.78. The van der Waals surface area contributed by atoms with E-state index in [0.717, 1.165) is 18.4 Å². The molecule has 1 aliphatic carbocycles. The highest BCUT2D eigenvalue weighted by Crippen LogP contribution is 2.44. The third kappa shape index (κ3) is 4.06. The molecule has 3 aromatic rings. The quantitative estimate of drug-likeness (QED) is 0.596. The van der Waals surface area contributed by atoms with Crippen LogP contribution in [-0.2, 0) is 19.3 Å². The summed E-state index contributed by atoms with van der Waals surface area (Å²) in [6, 6.07) is 6.51. The number of rotatable bonds is 5. The lowest BCUT2D eigenvalue weighted by Gasteiger charge is -2.28. The van der Waals surface area contributed by atoms with Gasteiger partial charge in [-0.05, 0) is 30.4 Å².